The summed E-state index contributed by atoms with van der Waals surface area (Å²) in [5, 5.41) is 7.44. The molecule has 1 atom stereocenters. The van der Waals surface area contributed by atoms with Crippen LogP contribution in [0.1, 0.15) is 31.3 Å². The molecule has 0 aliphatic rings. The third-order valence-corrected chi connectivity index (χ3v) is 4.33. The number of carbonyl (C=O) groups is 1. The molecule has 1 heterocycles. The molecular weight excluding hydrogens is 303 g/mol. The Labute approximate surface area is 133 Å². The van der Waals surface area contributed by atoms with Crippen molar-refractivity contribution >= 4 is 17.7 Å². The second-order valence-corrected chi connectivity index (χ2v) is 5.88. The summed E-state index contributed by atoms with van der Waals surface area (Å²) in [6, 6.07) is 6.07. The van der Waals surface area contributed by atoms with E-state index in [2.05, 4.69) is 15.2 Å². The SMILES string of the molecule is CCc1nc(SCC(=O)N(C)C(C)c2ccc(F)cc2)n[nH]1. The second-order valence-electron chi connectivity index (χ2n) is 4.94. The van der Waals surface area contributed by atoms with Crippen LogP contribution in [0.15, 0.2) is 29.4 Å². The topological polar surface area (TPSA) is 61.9 Å². The number of hydrogen-bond donors (Lipinski definition) is 1. The number of aromatic amines is 1. The molecule has 7 heteroatoms. The molecule has 0 saturated heterocycles. The monoisotopic (exact) mass is 322 g/mol. The first kappa shape index (κ1) is 16.5. The lowest BCUT2D eigenvalue weighted by molar-refractivity contribution is -0.128. The van der Waals surface area contributed by atoms with E-state index in [1.807, 2.05) is 13.8 Å². The van der Waals surface area contributed by atoms with Crippen molar-refractivity contribution in [3.8, 4) is 0 Å². The van der Waals surface area contributed by atoms with Crippen molar-refractivity contribution in [2.75, 3.05) is 12.8 Å². The van der Waals surface area contributed by atoms with E-state index in [1.54, 1.807) is 24.1 Å². The maximum absolute atomic E-state index is 12.9. The molecular formula is C15H19FN4OS. The molecule has 1 unspecified atom stereocenters. The lowest BCUT2D eigenvalue weighted by Crippen LogP contribution is -2.31. The normalized spacial score (nSPS) is 12.2. The molecule has 0 fully saturated rings. The first-order valence-corrected chi connectivity index (χ1v) is 8.05. The van der Waals surface area contributed by atoms with Gasteiger partial charge in [-0.1, -0.05) is 30.8 Å². The number of carbonyl (C=O) groups excluding carboxylic acids is 1. The van der Waals surface area contributed by atoms with E-state index in [0.717, 1.165) is 17.8 Å². The third kappa shape index (κ3) is 4.07. The molecule has 0 spiro atoms. The van der Waals surface area contributed by atoms with Gasteiger partial charge in [-0.05, 0) is 24.6 Å². The number of amides is 1. The molecule has 0 aliphatic heterocycles. The van der Waals surface area contributed by atoms with Crippen LogP contribution in [0.3, 0.4) is 0 Å². The summed E-state index contributed by atoms with van der Waals surface area (Å²) in [4.78, 5) is 18.1. The number of H-pyrrole nitrogens is 1. The quantitative estimate of drug-likeness (QED) is 0.831. The Hall–Kier alpha value is -1.89. The van der Waals surface area contributed by atoms with E-state index in [-0.39, 0.29) is 23.5 Å². The Kier molecular flexibility index (Phi) is 5.54. The number of thioether (sulfide) groups is 1. The number of nitrogens with zero attached hydrogens (tertiary/aromatic N) is 3. The lowest BCUT2D eigenvalue weighted by atomic mass is 10.1. The van der Waals surface area contributed by atoms with E-state index < -0.39 is 0 Å². The maximum atomic E-state index is 12.9. The van der Waals surface area contributed by atoms with E-state index in [9.17, 15) is 9.18 Å². The fraction of sp³-hybridized carbons (Fsp3) is 0.400. The van der Waals surface area contributed by atoms with Crippen LogP contribution in [-0.4, -0.2) is 38.8 Å². The number of benzene rings is 1. The lowest BCUT2D eigenvalue weighted by Gasteiger charge is -2.25. The minimum atomic E-state index is -0.281. The number of hydrogen-bond acceptors (Lipinski definition) is 4. The summed E-state index contributed by atoms with van der Waals surface area (Å²) < 4.78 is 12.9. The molecule has 1 amide bonds. The van der Waals surface area contributed by atoms with Gasteiger partial charge in [0.25, 0.3) is 0 Å². The van der Waals surface area contributed by atoms with Crippen LogP contribution >= 0.6 is 11.8 Å². The smallest absolute Gasteiger partial charge is 0.233 e. The summed E-state index contributed by atoms with van der Waals surface area (Å²) in [6.45, 7) is 3.90. The zero-order valence-corrected chi connectivity index (χ0v) is 13.7. The Bertz CT molecular complexity index is 629. The van der Waals surface area contributed by atoms with Gasteiger partial charge in [-0.2, -0.15) is 0 Å². The zero-order chi connectivity index (χ0) is 16.1. The third-order valence-electron chi connectivity index (χ3n) is 3.50. The van der Waals surface area contributed by atoms with Crippen LogP contribution < -0.4 is 0 Å². The van der Waals surface area contributed by atoms with Gasteiger partial charge in [-0.25, -0.2) is 9.37 Å². The van der Waals surface area contributed by atoms with Crippen LogP contribution in [0, 0.1) is 5.82 Å². The molecule has 0 aliphatic carbocycles. The summed E-state index contributed by atoms with van der Waals surface area (Å²) in [5.41, 5.74) is 0.897. The number of aromatic nitrogens is 3. The van der Waals surface area contributed by atoms with Gasteiger partial charge in [0.05, 0.1) is 11.8 Å². The van der Waals surface area contributed by atoms with Crippen molar-refractivity contribution in [2.45, 2.75) is 31.5 Å². The van der Waals surface area contributed by atoms with E-state index in [1.165, 1.54) is 23.9 Å². The number of halogens is 1. The maximum Gasteiger partial charge on any atom is 0.233 e. The van der Waals surface area contributed by atoms with E-state index >= 15 is 0 Å². The summed E-state index contributed by atoms with van der Waals surface area (Å²) in [5.74, 6) is 0.771. The molecule has 0 bridgehead atoms. The number of rotatable bonds is 6. The second kappa shape index (κ2) is 7.40. The largest absolute Gasteiger partial charge is 0.338 e. The van der Waals surface area contributed by atoms with Gasteiger partial charge in [-0.15, -0.1) is 5.10 Å². The van der Waals surface area contributed by atoms with Crippen molar-refractivity contribution in [1.29, 1.82) is 0 Å². The van der Waals surface area contributed by atoms with Gasteiger partial charge in [0.15, 0.2) is 0 Å². The van der Waals surface area contributed by atoms with Crippen LogP contribution in [-0.2, 0) is 11.2 Å². The Morgan fingerprint density at radius 2 is 2.09 bits per heavy atom. The van der Waals surface area contributed by atoms with Crippen LogP contribution in [0.25, 0.3) is 0 Å². The van der Waals surface area contributed by atoms with Gasteiger partial charge in [-0.3, -0.25) is 9.89 Å². The van der Waals surface area contributed by atoms with Crippen molar-refractivity contribution in [2.24, 2.45) is 0 Å². The fourth-order valence-electron chi connectivity index (χ4n) is 1.91. The van der Waals surface area contributed by atoms with Crippen LogP contribution in [0.5, 0.6) is 0 Å². The molecule has 2 aromatic rings. The predicted octanol–water partition coefficient (Wildman–Crippen LogP) is 2.82. The summed E-state index contributed by atoms with van der Waals surface area (Å²) >= 11 is 1.30. The Morgan fingerprint density at radius 3 is 2.68 bits per heavy atom. The van der Waals surface area contributed by atoms with Gasteiger partial charge < -0.3 is 4.90 Å². The Balaban J connectivity index is 1.92. The minimum Gasteiger partial charge on any atom is -0.338 e. The number of nitrogens with one attached hydrogen (secondary N) is 1. The predicted molar refractivity (Wildman–Crippen MR) is 84.1 cm³/mol. The first-order chi connectivity index (χ1) is 10.5. The van der Waals surface area contributed by atoms with Gasteiger partial charge >= 0.3 is 0 Å². The highest BCUT2D eigenvalue weighted by atomic mass is 32.2. The highest BCUT2D eigenvalue weighted by Crippen LogP contribution is 2.21. The van der Waals surface area contributed by atoms with Crippen molar-refractivity contribution in [1.82, 2.24) is 20.1 Å². The fourth-order valence-corrected chi connectivity index (χ4v) is 2.65. The first-order valence-electron chi connectivity index (χ1n) is 7.06. The molecule has 22 heavy (non-hydrogen) atoms. The minimum absolute atomic E-state index is 0.0235. The Morgan fingerprint density at radius 1 is 1.41 bits per heavy atom. The summed E-state index contributed by atoms with van der Waals surface area (Å²) in [7, 11) is 1.74. The van der Waals surface area contributed by atoms with Crippen LogP contribution in [0.2, 0.25) is 0 Å². The van der Waals surface area contributed by atoms with Crippen molar-refractivity contribution in [3.63, 3.8) is 0 Å². The molecule has 0 saturated carbocycles. The van der Waals surface area contributed by atoms with Gasteiger partial charge in [0, 0.05) is 13.5 Å². The highest BCUT2D eigenvalue weighted by molar-refractivity contribution is 7.99. The molecule has 118 valence electrons. The van der Waals surface area contributed by atoms with Crippen molar-refractivity contribution < 1.29 is 9.18 Å². The van der Waals surface area contributed by atoms with Crippen LogP contribution in [0.4, 0.5) is 4.39 Å². The standard InChI is InChI=1S/C15H19FN4OS/c1-4-13-17-15(19-18-13)22-9-14(21)20(3)10(2)11-5-7-12(16)8-6-11/h5-8,10H,4,9H2,1-3H3,(H,17,18,19). The van der Waals surface area contributed by atoms with Gasteiger partial charge in [0.1, 0.15) is 11.6 Å². The van der Waals surface area contributed by atoms with Gasteiger partial charge in [0.2, 0.25) is 11.1 Å². The highest BCUT2D eigenvalue weighted by Gasteiger charge is 2.18. The van der Waals surface area contributed by atoms with Crippen molar-refractivity contribution in [3.05, 3.63) is 41.5 Å². The van der Waals surface area contributed by atoms with E-state index in [0.29, 0.717) is 5.16 Å². The molecule has 1 aromatic heterocycles. The summed E-state index contributed by atoms with van der Waals surface area (Å²) in [6.07, 6.45) is 0.781. The molecule has 1 N–H and O–H groups in total. The average Bonchev–Trinajstić information content (AvgIpc) is 3.00. The molecule has 1 aromatic carbocycles. The van der Waals surface area contributed by atoms with E-state index in [4.69, 9.17) is 0 Å². The number of aryl methyl sites for hydroxylation is 1. The molecule has 2 rings (SSSR count). The molecule has 0 radical (unpaired) electrons. The molecule has 5 nitrogen and oxygen atoms in total. The zero-order valence-electron chi connectivity index (χ0n) is 12.8. The average molecular weight is 322 g/mol.